The predicted molar refractivity (Wildman–Crippen MR) is 104 cm³/mol. The number of nitrogens with one attached hydrogen (secondary N) is 1. The SMILES string of the molecule is Fc1ccc(-c2n[nH]c(C3CCN4CCCC4C3)c2-c2ccncc2)cc1. The van der Waals surface area contributed by atoms with Crippen molar-refractivity contribution in [2.75, 3.05) is 13.1 Å². The molecule has 2 fully saturated rings. The Morgan fingerprint density at radius 2 is 1.78 bits per heavy atom. The summed E-state index contributed by atoms with van der Waals surface area (Å²) >= 11 is 0. The van der Waals surface area contributed by atoms with Crippen molar-refractivity contribution in [2.24, 2.45) is 0 Å². The zero-order valence-corrected chi connectivity index (χ0v) is 15.2. The van der Waals surface area contributed by atoms with Crippen molar-refractivity contribution in [3.8, 4) is 22.4 Å². The molecule has 5 rings (SSSR count). The number of aromatic amines is 1. The number of H-pyrrole nitrogens is 1. The average Bonchev–Trinajstić information content (AvgIpc) is 3.35. The molecule has 2 aromatic heterocycles. The van der Waals surface area contributed by atoms with Gasteiger partial charge in [0.25, 0.3) is 0 Å². The van der Waals surface area contributed by atoms with Crippen LogP contribution in [-0.4, -0.2) is 39.2 Å². The maximum absolute atomic E-state index is 13.4. The van der Waals surface area contributed by atoms with Gasteiger partial charge in [0, 0.05) is 41.2 Å². The third-order valence-corrected chi connectivity index (χ3v) is 6.11. The highest BCUT2D eigenvalue weighted by Crippen LogP contribution is 2.42. The summed E-state index contributed by atoms with van der Waals surface area (Å²) in [5.41, 5.74) is 5.29. The van der Waals surface area contributed by atoms with Crippen molar-refractivity contribution in [1.82, 2.24) is 20.1 Å². The van der Waals surface area contributed by atoms with Crippen LogP contribution < -0.4 is 0 Å². The van der Waals surface area contributed by atoms with E-state index in [4.69, 9.17) is 0 Å². The summed E-state index contributed by atoms with van der Waals surface area (Å²) in [7, 11) is 0. The van der Waals surface area contributed by atoms with E-state index in [1.807, 2.05) is 24.5 Å². The quantitative estimate of drug-likeness (QED) is 0.739. The summed E-state index contributed by atoms with van der Waals surface area (Å²) in [6.45, 7) is 2.41. The van der Waals surface area contributed by atoms with Crippen molar-refractivity contribution < 1.29 is 4.39 Å². The molecular weight excluding hydrogens is 339 g/mol. The number of hydrogen-bond acceptors (Lipinski definition) is 3. The summed E-state index contributed by atoms with van der Waals surface area (Å²) in [6.07, 6.45) is 8.60. The molecule has 2 saturated heterocycles. The zero-order chi connectivity index (χ0) is 18.2. The smallest absolute Gasteiger partial charge is 0.123 e. The molecule has 1 aromatic carbocycles. The minimum atomic E-state index is -0.228. The highest BCUT2D eigenvalue weighted by atomic mass is 19.1. The van der Waals surface area contributed by atoms with Gasteiger partial charge in [-0.25, -0.2) is 4.39 Å². The maximum atomic E-state index is 13.4. The first-order valence-corrected chi connectivity index (χ1v) is 9.78. The van der Waals surface area contributed by atoms with Gasteiger partial charge in [-0.1, -0.05) is 0 Å². The molecule has 2 aliphatic rings. The van der Waals surface area contributed by atoms with Gasteiger partial charge < -0.3 is 4.90 Å². The van der Waals surface area contributed by atoms with Crippen LogP contribution in [0.1, 0.15) is 37.3 Å². The third kappa shape index (κ3) is 3.06. The molecule has 0 bridgehead atoms. The number of rotatable bonds is 3. The number of pyridine rings is 1. The molecule has 0 amide bonds. The Kier molecular flexibility index (Phi) is 4.24. The number of piperidine rings is 1. The number of benzene rings is 1. The Bertz CT molecular complexity index is 919. The molecule has 3 aromatic rings. The van der Waals surface area contributed by atoms with E-state index in [-0.39, 0.29) is 5.82 Å². The first-order valence-electron chi connectivity index (χ1n) is 9.78. The lowest BCUT2D eigenvalue weighted by Gasteiger charge is -2.34. The van der Waals surface area contributed by atoms with Crippen molar-refractivity contribution in [3.05, 3.63) is 60.3 Å². The molecular formula is C22H23FN4. The molecule has 0 saturated carbocycles. The predicted octanol–water partition coefficient (Wildman–Crippen LogP) is 4.62. The second-order valence-corrected chi connectivity index (χ2v) is 7.66. The first kappa shape index (κ1) is 16.6. The van der Waals surface area contributed by atoms with E-state index in [0.29, 0.717) is 12.0 Å². The monoisotopic (exact) mass is 362 g/mol. The molecule has 2 aliphatic heterocycles. The number of halogens is 1. The second kappa shape index (κ2) is 6.89. The van der Waals surface area contributed by atoms with Crippen LogP contribution >= 0.6 is 0 Å². The first-order chi connectivity index (χ1) is 13.3. The molecule has 0 radical (unpaired) electrons. The van der Waals surface area contributed by atoms with E-state index in [0.717, 1.165) is 35.3 Å². The Morgan fingerprint density at radius 1 is 0.963 bits per heavy atom. The summed E-state index contributed by atoms with van der Waals surface area (Å²) in [6, 6.07) is 11.4. The third-order valence-electron chi connectivity index (χ3n) is 6.11. The lowest BCUT2D eigenvalue weighted by Crippen LogP contribution is -2.37. The Morgan fingerprint density at radius 3 is 2.59 bits per heavy atom. The van der Waals surface area contributed by atoms with Crippen LogP contribution in [0.15, 0.2) is 48.8 Å². The standard InChI is InChI=1S/C22H23FN4/c23-18-5-3-16(4-6-18)21-20(15-7-10-24-11-8-15)22(26-25-21)17-9-13-27-12-1-2-19(27)14-17/h3-8,10-11,17,19H,1-2,9,12-14H2,(H,25,26). The summed E-state index contributed by atoms with van der Waals surface area (Å²) in [5.74, 6) is 0.253. The van der Waals surface area contributed by atoms with Gasteiger partial charge in [0.05, 0.1) is 0 Å². The second-order valence-electron chi connectivity index (χ2n) is 7.66. The molecule has 5 heteroatoms. The van der Waals surface area contributed by atoms with Crippen LogP contribution in [0.5, 0.6) is 0 Å². The minimum absolute atomic E-state index is 0.228. The minimum Gasteiger partial charge on any atom is -0.300 e. The van der Waals surface area contributed by atoms with Crippen molar-refractivity contribution in [1.29, 1.82) is 0 Å². The van der Waals surface area contributed by atoms with E-state index < -0.39 is 0 Å². The summed E-state index contributed by atoms with van der Waals surface area (Å²) < 4.78 is 13.4. The van der Waals surface area contributed by atoms with Crippen LogP contribution in [0.25, 0.3) is 22.4 Å². The van der Waals surface area contributed by atoms with Gasteiger partial charge in [0.15, 0.2) is 0 Å². The number of hydrogen-bond donors (Lipinski definition) is 1. The largest absolute Gasteiger partial charge is 0.300 e. The fraction of sp³-hybridized carbons (Fsp3) is 0.364. The summed E-state index contributed by atoms with van der Waals surface area (Å²) in [4.78, 5) is 6.81. The fourth-order valence-electron chi connectivity index (χ4n) is 4.76. The zero-order valence-electron chi connectivity index (χ0n) is 15.2. The molecule has 1 N–H and O–H groups in total. The van der Waals surface area contributed by atoms with Crippen molar-refractivity contribution >= 4 is 0 Å². The van der Waals surface area contributed by atoms with Crippen LogP contribution in [0, 0.1) is 5.82 Å². The lowest BCUT2D eigenvalue weighted by molar-refractivity contribution is 0.179. The van der Waals surface area contributed by atoms with Crippen molar-refractivity contribution in [2.45, 2.75) is 37.6 Å². The average molecular weight is 362 g/mol. The number of nitrogens with zero attached hydrogens (tertiary/aromatic N) is 3. The van der Waals surface area contributed by atoms with E-state index >= 15 is 0 Å². The maximum Gasteiger partial charge on any atom is 0.123 e. The Labute approximate surface area is 158 Å². The normalized spacial score (nSPS) is 22.7. The molecule has 27 heavy (non-hydrogen) atoms. The topological polar surface area (TPSA) is 44.8 Å². The van der Waals surface area contributed by atoms with Crippen LogP contribution in [0.2, 0.25) is 0 Å². The van der Waals surface area contributed by atoms with Gasteiger partial charge in [-0.15, -0.1) is 0 Å². The van der Waals surface area contributed by atoms with Crippen LogP contribution in [0.3, 0.4) is 0 Å². The van der Waals surface area contributed by atoms with E-state index in [2.05, 4.69) is 20.1 Å². The fourth-order valence-corrected chi connectivity index (χ4v) is 4.76. The van der Waals surface area contributed by atoms with Gasteiger partial charge in [-0.3, -0.25) is 10.1 Å². The molecule has 4 nitrogen and oxygen atoms in total. The lowest BCUT2D eigenvalue weighted by atomic mass is 9.85. The van der Waals surface area contributed by atoms with E-state index in [1.54, 1.807) is 12.1 Å². The van der Waals surface area contributed by atoms with E-state index in [1.165, 1.54) is 43.6 Å². The molecule has 0 aliphatic carbocycles. The summed E-state index contributed by atoms with van der Waals surface area (Å²) in [5, 5.41) is 8.02. The van der Waals surface area contributed by atoms with E-state index in [9.17, 15) is 4.39 Å². The van der Waals surface area contributed by atoms with Gasteiger partial charge in [0.2, 0.25) is 0 Å². The number of fused-ring (bicyclic) bond motifs is 1. The van der Waals surface area contributed by atoms with Gasteiger partial charge >= 0.3 is 0 Å². The van der Waals surface area contributed by atoms with Crippen LogP contribution in [0.4, 0.5) is 4.39 Å². The highest BCUT2D eigenvalue weighted by molar-refractivity contribution is 5.82. The Hall–Kier alpha value is -2.53. The molecule has 2 unspecified atom stereocenters. The molecule has 138 valence electrons. The number of aromatic nitrogens is 3. The van der Waals surface area contributed by atoms with Gasteiger partial charge in [-0.2, -0.15) is 5.10 Å². The van der Waals surface area contributed by atoms with Gasteiger partial charge in [0.1, 0.15) is 11.5 Å². The molecule has 4 heterocycles. The highest BCUT2D eigenvalue weighted by Gasteiger charge is 2.34. The van der Waals surface area contributed by atoms with Crippen molar-refractivity contribution in [3.63, 3.8) is 0 Å². The molecule has 0 spiro atoms. The Balaban J connectivity index is 1.58. The van der Waals surface area contributed by atoms with Gasteiger partial charge in [-0.05, 0) is 80.7 Å². The molecule has 2 atom stereocenters. The van der Waals surface area contributed by atoms with Crippen LogP contribution in [-0.2, 0) is 0 Å².